The Balaban J connectivity index is 3.04. The van der Waals surface area contributed by atoms with Gasteiger partial charge in [-0.1, -0.05) is 24.3 Å². The smallest absolute Gasteiger partial charge is 0.124 e. The lowest BCUT2D eigenvalue weighted by Crippen LogP contribution is -1.89. The molecule has 0 aliphatic carbocycles. The topological polar surface area (TPSA) is 40.5 Å². The highest BCUT2D eigenvalue weighted by Gasteiger charge is 2.03. The first kappa shape index (κ1) is 8.81. The number of aliphatic hydroxyl groups excluding tert-OH is 1. The van der Waals surface area contributed by atoms with Gasteiger partial charge in [0.25, 0.3) is 0 Å². The van der Waals surface area contributed by atoms with Gasteiger partial charge in [-0.15, -0.1) is 6.58 Å². The van der Waals surface area contributed by atoms with Crippen LogP contribution in [0.2, 0.25) is 0 Å². The van der Waals surface area contributed by atoms with Gasteiger partial charge in [-0.2, -0.15) is 0 Å². The minimum atomic E-state index is -0.128. The molecule has 1 aromatic carbocycles. The van der Waals surface area contributed by atoms with Crippen LogP contribution in [0.4, 0.5) is 0 Å². The molecule has 0 aliphatic heterocycles. The molecule has 1 aromatic rings. The van der Waals surface area contributed by atoms with E-state index in [1.165, 1.54) is 0 Å². The van der Waals surface area contributed by atoms with Crippen LogP contribution in [0.5, 0.6) is 5.75 Å². The van der Waals surface area contributed by atoms with E-state index in [0.29, 0.717) is 12.0 Å². The van der Waals surface area contributed by atoms with E-state index in [9.17, 15) is 5.11 Å². The van der Waals surface area contributed by atoms with Gasteiger partial charge in [-0.3, -0.25) is 0 Å². The number of rotatable bonds is 3. The highest BCUT2D eigenvalue weighted by atomic mass is 16.3. The van der Waals surface area contributed by atoms with Crippen LogP contribution in [-0.2, 0) is 13.0 Å². The fourth-order valence-electron chi connectivity index (χ4n) is 1.09. The zero-order chi connectivity index (χ0) is 8.97. The van der Waals surface area contributed by atoms with Crippen molar-refractivity contribution >= 4 is 0 Å². The lowest BCUT2D eigenvalue weighted by molar-refractivity contribution is 0.275. The second-order valence-corrected chi connectivity index (χ2v) is 2.58. The first-order valence-electron chi connectivity index (χ1n) is 3.81. The Morgan fingerprint density at radius 3 is 2.58 bits per heavy atom. The zero-order valence-electron chi connectivity index (χ0n) is 6.83. The van der Waals surface area contributed by atoms with Crippen LogP contribution in [0, 0.1) is 0 Å². The first-order valence-corrected chi connectivity index (χ1v) is 3.81. The third-order valence-corrected chi connectivity index (χ3v) is 1.74. The lowest BCUT2D eigenvalue weighted by Gasteiger charge is -2.05. The molecule has 0 aliphatic rings. The van der Waals surface area contributed by atoms with Crippen molar-refractivity contribution in [3.05, 3.63) is 42.0 Å². The maximum Gasteiger partial charge on any atom is 0.124 e. The number of hydrogen-bond donors (Lipinski definition) is 2. The lowest BCUT2D eigenvalue weighted by atomic mass is 10.1. The van der Waals surface area contributed by atoms with Gasteiger partial charge in [0.05, 0.1) is 6.61 Å². The molecule has 2 heteroatoms. The van der Waals surface area contributed by atoms with E-state index in [1.54, 1.807) is 12.1 Å². The van der Waals surface area contributed by atoms with Crippen LogP contribution < -0.4 is 0 Å². The number of aromatic hydroxyl groups is 1. The Morgan fingerprint density at radius 2 is 2.00 bits per heavy atom. The third-order valence-electron chi connectivity index (χ3n) is 1.74. The number of benzene rings is 1. The van der Waals surface area contributed by atoms with Crippen molar-refractivity contribution in [3.8, 4) is 5.75 Å². The Hall–Kier alpha value is -1.28. The van der Waals surface area contributed by atoms with Crippen molar-refractivity contribution in [1.29, 1.82) is 0 Å². The highest BCUT2D eigenvalue weighted by molar-refractivity contribution is 5.40. The van der Waals surface area contributed by atoms with Crippen LogP contribution in [0.3, 0.4) is 0 Å². The van der Waals surface area contributed by atoms with Gasteiger partial charge < -0.3 is 10.2 Å². The summed E-state index contributed by atoms with van der Waals surface area (Å²) in [6.45, 7) is 3.45. The summed E-state index contributed by atoms with van der Waals surface area (Å²) < 4.78 is 0. The van der Waals surface area contributed by atoms with Crippen molar-refractivity contribution in [2.24, 2.45) is 0 Å². The molecule has 0 bridgehead atoms. The minimum Gasteiger partial charge on any atom is -0.507 e. The molecule has 64 valence electrons. The van der Waals surface area contributed by atoms with Crippen molar-refractivity contribution in [2.75, 3.05) is 0 Å². The number of para-hydroxylation sites is 1. The van der Waals surface area contributed by atoms with Gasteiger partial charge in [0.1, 0.15) is 5.75 Å². The van der Waals surface area contributed by atoms with E-state index in [-0.39, 0.29) is 12.4 Å². The molecule has 0 radical (unpaired) electrons. The van der Waals surface area contributed by atoms with Crippen LogP contribution >= 0.6 is 0 Å². The Labute approximate surface area is 71.8 Å². The van der Waals surface area contributed by atoms with Gasteiger partial charge in [0.2, 0.25) is 0 Å². The summed E-state index contributed by atoms with van der Waals surface area (Å²) in [5.74, 6) is 0.180. The molecular weight excluding hydrogens is 152 g/mol. The van der Waals surface area contributed by atoms with Gasteiger partial charge in [-0.05, 0) is 12.0 Å². The molecule has 0 aromatic heterocycles. The van der Waals surface area contributed by atoms with E-state index in [2.05, 4.69) is 6.58 Å². The molecule has 2 nitrogen and oxygen atoms in total. The molecule has 0 amide bonds. The number of phenols is 1. The zero-order valence-corrected chi connectivity index (χ0v) is 6.83. The van der Waals surface area contributed by atoms with Crippen LogP contribution in [0.15, 0.2) is 30.9 Å². The molecule has 0 unspecified atom stereocenters. The van der Waals surface area contributed by atoms with Crippen molar-refractivity contribution in [3.63, 3.8) is 0 Å². The van der Waals surface area contributed by atoms with Crippen LogP contribution in [0.25, 0.3) is 0 Å². The Morgan fingerprint density at radius 1 is 1.33 bits per heavy atom. The average Bonchev–Trinajstić information content (AvgIpc) is 2.09. The van der Waals surface area contributed by atoms with E-state index < -0.39 is 0 Å². The first-order chi connectivity index (χ1) is 5.79. The number of hydrogen-bond acceptors (Lipinski definition) is 2. The molecule has 0 atom stereocenters. The molecule has 0 fully saturated rings. The quantitative estimate of drug-likeness (QED) is 0.666. The summed E-state index contributed by atoms with van der Waals surface area (Å²) >= 11 is 0. The van der Waals surface area contributed by atoms with E-state index >= 15 is 0 Å². The Bertz CT molecular complexity index is 279. The highest BCUT2D eigenvalue weighted by Crippen LogP contribution is 2.22. The van der Waals surface area contributed by atoms with E-state index in [0.717, 1.165) is 5.56 Å². The normalized spacial score (nSPS) is 9.75. The molecular formula is C10H12O2. The molecule has 0 saturated heterocycles. The summed E-state index contributed by atoms with van der Waals surface area (Å²) in [6, 6.07) is 5.32. The average molecular weight is 164 g/mol. The minimum absolute atomic E-state index is 0.128. The van der Waals surface area contributed by atoms with Gasteiger partial charge in [0, 0.05) is 5.56 Å². The van der Waals surface area contributed by atoms with Gasteiger partial charge in [-0.25, -0.2) is 0 Å². The molecule has 0 heterocycles. The van der Waals surface area contributed by atoms with Crippen LogP contribution in [0.1, 0.15) is 11.1 Å². The number of aliphatic hydroxyl groups is 1. The van der Waals surface area contributed by atoms with E-state index in [4.69, 9.17) is 5.11 Å². The predicted octanol–water partition coefficient (Wildman–Crippen LogP) is 1.61. The van der Waals surface area contributed by atoms with Crippen molar-refractivity contribution in [1.82, 2.24) is 0 Å². The van der Waals surface area contributed by atoms with Crippen LogP contribution in [-0.4, -0.2) is 10.2 Å². The van der Waals surface area contributed by atoms with Crippen molar-refractivity contribution < 1.29 is 10.2 Å². The Kier molecular flexibility index (Phi) is 2.88. The molecule has 2 N–H and O–H groups in total. The van der Waals surface area contributed by atoms with E-state index in [1.807, 2.05) is 12.1 Å². The summed E-state index contributed by atoms with van der Waals surface area (Å²) in [7, 11) is 0. The molecule has 0 saturated carbocycles. The molecule has 0 spiro atoms. The summed E-state index contributed by atoms with van der Waals surface area (Å²) in [6.07, 6.45) is 2.34. The largest absolute Gasteiger partial charge is 0.507 e. The summed E-state index contributed by atoms with van der Waals surface area (Å²) in [5, 5.41) is 18.3. The third kappa shape index (κ3) is 1.66. The SMILES string of the molecule is C=CCc1cccc(CO)c1O. The molecule has 1 rings (SSSR count). The predicted molar refractivity (Wildman–Crippen MR) is 47.9 cm³/mol. The fourth-order valence-corrected chi connectivity index (χ4v) is 1.09. The van der Waals surface area contributed by atoms with Gasteiger partial charge >= 0.3 is 0 Å². The van der Waals surface area contributed by atoms with Crippen molar-refractivity contribution in [2.45, 2.75) is 13.0 Å². The standard InChI is InChI=1S/C10H12O2/c1-2-4-8-5-3-6-9(7-11)10(8)12/h2-3,5-6,11-12H,1,4,7H2. The second kappa shape index (κ2) is 3.93. The second-order valence-electron chi connectivity index (χ2n) is 2.58. The maximum absolute atomic E-state index is 9.51. The molecule has 12 heavy (non-hydrogen) atoms. The fraction of sp³-hybridized carbons (Fsp3) is 0.200. The number of allylic oxidation sites excluding steroid dienone is 1. The summed E-state index contributed by atoms with van der Waals surface area (Å²) in [5.41, 5.74) is 1.37. The summed E-state index contributed by atoms with van der Waals surface area (Å²) in [4.78, 5) is 0. The van der Waals surface area contributed by atoms with Gasteiger partial charge in [0.15, 0.2) is 0 Å². The monoisotopic (exact) mass is 164 g/mol. The maximum atomic E-state index is 9.51.